The van der Waals surface area contributed by atoms with Crippen LogP contribution < -0.4 is 10.9 Å². The van der Waals surface area contributed by atoms with Gasteiger partial charge in [0, 0.05) is 11.5 Å². The Kier molecular flexibility index (Phi) is 4.59. The van der Waals surface area contributed by atoms with E-state index < -0.39 is 17.6 Å². The number of carbonyl (C=O) groups excluding carboxylic acids is 2. The summed E-state index contributed by atoms with van der Waals surface area (Å²) in [5, 5.41) is 0.892. The first-order chi connectivity index (χ1) is 13.9. The van der Waals surface area contributed by atoms with Crippen molar-refractivity contribution in [3.63, 3.8) is 0 Å². The highest BCUT2D eigenvalue weighted by atomic mass is 19.1. The van der Waals surface area contributed by atoms with Crippen molar-refractivity contribution in [1.82, 2.24) is 25.8 Å². The lowest BCUT2D eigenvalue weighted by Crippen LogP contribution is -2.42. The highest BCUT2D eigenvalue weighted by Crippen LogP contribution is 2.19. The molecule has 4 aromatic rings. The van der Waals surface area contributed by atoms with Crippen molar-refractivity contribution in [2.24, 2.45) is 0 Å². The monoisotopic (exact) mass is 389 g/mol. The number of nitrogens with one attached hydrogen (secondary N) is 2. The molecule has 8 heteroatoms. The first-order valence-electron chi connectivity index (χ1n) is 8.83. The van der Waals surface area contributed by atoms with Gasteiger partial charge in [0.15, 0.2) is 0 Å². The summed E-state index contributed by atoms with van der Waals surface area (Å²) in [6.45, 7) is 3.50. The molecule has 2 N–H and O–H groups in total. The van der Waals surface area contributed by atoms with E-state index in [0.717, 1.165) is 11.5 Å². The smallest absolute Gasteiger partial charge is 0.267 e. The van der Waals surface area contributed by atoms with E-state index in [2.05, 4.69) is 25.8 Å². The molecule has 0 spiro atoms. The van der Waals surface area contributed by atoms with Crippen LogP contribution in [-0.2, 0) is 0 Å². The fourth-order valence-electron chi connectivity index (χ4n) is 2.91. The van der Waals surface area contributed by atoms with Crippen molar-refractivity contribution in [2.75, 3.05) is 0 Å². The Morgan fingerprint density at radius 3 is 2.38 bits per heavy atom. The average molecular weight is 389 g/mol. The molecular weight excluding hydrogens is 373 g/mol. The Balaban J connectivity index is 1.57. The van der Waals surface area contributed by atoms with Crippen LogP contribution in [-0.4, -0.2) is 26.8 Å². The summed E-state index contributed by atoms with van der Waals surface area (Å²) < 4.78 is 14.0. The Bertz CT molecular complexity index is 1290. The lowest BCUT2D eigenvalue weighted by molar-refractivity contribution is 0.0844. The first kappa shape index (κ1) is 18.4. The van der Waals surface area contributed by atoms with E-state index >= 15 is 0 Å². The highest BCUT2D eigenvalue weighted by molar-refractivity contribution is 6.06. The Morgan fingerprint density at radius 1 is 0.828 bits per heavy atom. The number of aryl methyl sites for hydroxylation is 2. The maximum atomic E-state index is 14.0. The van der Waals surface area contributed by atoms with Gasteiger partial charge in [-0.25, -0.2) is 19.3 Å². The summed E-state index contributed by atoms with van der Waals surface area (Å²) in [5.41, 5.74) is 7.15. The van der Waals surface area contributed by atoms with Gasteiger partial charge in [-0.15, -0.1) is 0 Å². The van der Waals surface area contributed by atoms with Gasteiger partial charge < -0.3 is 0 Å². The number of pyridine rings is 1. The molecular formula is C21H16FN5O2. The van der Waals surface area contributed by atoms with E-state index in [9.17, 15) is 14.0 Å². The van der Waals surface area contributed by atoms with Crippen LogP contribution in [0, 0.1) is 19.7 Å². The van der Waals surface area contributed by atoms with Gasteiger partial charge in [-0.3, -0.25) is 20.4 Å². The number of fused-ring (bicyclic) bond motifs is 2. The summed E-state index contributed by atoms with van der Waals surface area (Å²) in [7, 11) is 0. The molecule has 0 bridgehead atoms. The van der Waals surface area contributed by atoms with Crippen LogP contribution in [0.15, 0.2) is 48.5 Å². The Hall–Kier alpha value is -3.94. The number of carbonyl (C=O) groups is 2. The molecule has 0 unspecified atom stereocenters. The van der Waals surface area contributed by atoms with Crippen LogP contribution in [0.4, 0.5) is 4.39 Å². The molecule has 2 aromatic carbocycles. The number of nitrogens with zero attached hydrogens (tertiary/aromatic N) is 3. The van der Waals surface area contributed by atoms with Crippen LogP contribution in [0.3, 0.4) is 0 Å². The lowest BCUT2D eigenvalue weighted by Gasteiger charge is -2.10. The van der Waals surface area contributed by atoms with Crippen LogP contribution in [0.25, 0.3) is 21.9 Å². The van der Waals surface area contributed by atoms with Crippen LogP contribution in [0.1, 0.15) is 32.2 Å². The van der Waals surface area contributed by atoms with Crippen molar-refractivity contribution < 1.29 is 14.0 Å². The minimum absolute atomic E-state index is 0.0256. The van der Waals surface area contributed by atoms with Gasteiger partial charge in [0.2, 0.25) is 0 Å². The summed E-state index contributed by atoms with van der Waals surface area (Å²) in [4.78, 5) is 37.8. The van der Waals surface area contributed by atoms with E-state index in [1.54, 1.807) is 32.0 Å². The molecule has 7 nitrogen and oxygen atoms in total. The van der Waals surface area contributed by atoms with E-state index in [0.29, 0.717) is 16.9 Å². The van der Waals surface area contributed by atoms with Gasteiger partial charge >= 0.3 is 0 Å². The molecule has 4 rings (SSSR count). The van der Waals surface area contributed by atoms with Gasteiger partial charge in [0.05, 0.1) is 28.0 Å². The third-order valence-electron chi connectivity index (χ3n) is 4.51. The van der Waals surface area contributed by atoms with Crippen molar-refractivity contribution in [2.45, 2.75) is 13.8 Å². The second kappa shape index (κ2) is 7.23. The molecule has 0 atom stereocenters. The number of hydrogen-bond acceptors (Lipinski definition) is 5. The number of amides is 2. The molecule has 2 amide bonds. The van der Waals surface area contributed by atoms with E-state index in [-0.39, 0.29) is 22.3 Å². The van der Waals surface area contributed by atoms with Crippen LogP contribution >= 0.6 is 0 Å². The minimum atomic E-state index is -0.707. The molecule has 0 aliphatic heterocycles. The SMILES string of the molecule is Cc1nc2cc(F)cc(C(=O)NNC(=O)c3ccc4ccccc4n3)c2nc1C. The van der Waals surface area contributed by atoms with Gasteiger partial charge in [-0.1, -0.05) is 24.3 Å². The number of aromatic nitrogens is 3. The third kappa shape index (κ3) is 3.60. The van der Waals surface area contributed by atoms with Crippen molar-refractivity contribution in [3.8, 4) is 0 Å². The number of halogens is 1. The van der Waals surface area contributed by atoms with Gasteiger partial charge in [-0.05, 0) is 32.0 Å². The quantitative estimate of drug-likeness (QED) is 0.514. The van der Waals surface area contributed by atoms with Crippen LogP contribution in [0.5, 0.6) is 0 Å². The second-order valence-electron chi connectivity index (χ2n) is 6.51. The standard InChI is InChI=1S/C21H16FN5O2/c1-11-12(2)24-19-15(9-14(22)10-18(19)23-11)20(28)26-27-21(29)17-8-7-13-5-3-4-6-16(13)25-17/h3-10H,1-2H3,(H,26,28)(H,27,29). The number of rotatable bonds is 2. The fourth-order valence-corrected chi connectivity index (χ4v) is 2.91. The van der Waals surface area contributed by atoms with Crippen LogP contribution in [0.2, 0.25) is 0 Å². The molecule has 2 aromatic heterocycles. The minimum Gasteiger partial charge on any atom is -0.267 e. The first-order valence-corrected chi connectivity index (χ1v) is 8.83. The third-order valence-corrected chi connectivity index (χ3v) is 4.51. The topological polar surface area (TPSA) is 96.9 Å². The molecule has 0 aliphatic rings. The molecule has 0 aliphatic carbocycles. The zero-order valence-electron chi connectivity index (χ0n) is 15.7. The summed E-state index contributed by atoms with van der Waals surface area (Å²) in [6, 6.07) is 12.9. The van der Waals surface area contributed by atoms with E-state index in [4.69, 9.17) is 0 Å². The molecule has 0 fully saturated rings. The Morgan fingerprint density at radius 2 is 1.55 bits per heavy atom. The fraction of sp³-hybridized carbons (Fsp3) is 0.0952. The molecule has 0 saturated carbocycles. The van der Waals surface area contributed by atoms with Gasteiger partial charge in [0.25, 0.3) is 11.8 Å². The second-order valence-corrected chi connectivity index (χ2v) is 6.51. The zero-order chi connectivity index (χ0) is 20.5. The van der Waals surface area contributed by atoms with E-state index in [1.807, 2.05) is 18.2 Å². The molecule has 2 heterocycles. The normalized spacial score (nSPS) is 10.9. The zero-order valence-corrected chi connectivity index (χ0v) is 15.7. The largest absolute Gasteiger partial charge is 0.288 e. The molecule has 144 valence electrons. The number of hydrazine groups is 1. The number of para-hydroxylation sites is 1. The maximum Gasteiger partial charge on any atom is 0.288 e. The van der Waals surface area contributed by atoms with E-state index in [1.165, 1.54) is 6.07 Å². The molecule has 0 radical (unpaired) electrons. The Labute approximate surface area is 165 Å². The summed E-state index contributed by atoms with van der Waals surface area (Å²) >= 11 is 0. The lowest BCUT2D eigenvalue weighted by atomic mass is 10.1. The maximum absolute atomic E-state index is 14.0. The number of benzene rings is 2. The van der Waals surface area contributed by atoms with Crippen molar-refractivity contribution in [3.05, 3.63) is 77.0 Å². The molecule has 29 heavy (non-hydrogen) atoms. The summed E-state index contributed by atoms with van der Waals surface area (Å²) in [6.07, 6.45) is 0. The van der Waals surface area contributed by atoms with Gasteiger partial charge in [0.1, 0.15) is 17.0 Å². The number of hydrogen-bond donors (Lipinski definition) is 2. The van der Waals surface area contributed by atoms with Crippen molar-refractivity contribution >= 4 is 33.8 Å². The average Bonchev–Trinajstić information content (AvgIpc) is 2.72. The summed E-state index contributed by atoms with van der Waals surface area (Å²) in [5.74, 6) is -1.92. The predicted molar refractivity (Wildman–Crippen MR) is 106 cm³/mol. The highest BCUT2D eigenvalue weighted by Gasteiger charge is 2.17. The van der Waals surface area contributed by atoms with Gasteiger partial charge in [-0.2, -0.15) is 0 Å². The molecule has 0 saturated heterocycles. The van der Waals surface area contributed by atoms with Crippen molar-refractivity contribution in [1.29, 1.82) is 0 Å². The predicted octanol–water partition coefficient (Wildman–Crippen LogP) is 3.01.